The van der Waals surface area contributed by atoms with Gasteiger partial charge in [-0.25, -0.2) is 24.1 Å². The van der Waals surface area contributed by atoms with Crippen LogP contribution in [0.15, 0.2) is 97.5 Å². The number of primary amides is 1. The number of pyridine rings is 2. The zero-order chi connectivity index (χ0) is 53.7. The molecule has 0 radical (unpaired) electrons. The molecule has 0 bridgehead atoms. The zero-order valence-corrected chi connectivity index (χ0v) is 43.0. The predicted molar refractivity (Wildman–Crippen MR) is 283 cm³/mol. The van der Waals surface area contributed by atoms with Crippen LogP contribution >= 0.6 is 0 Å². The van der Waals surface area contributed by atoms with E-state index in [2.05, 4.69) is 54.5 Å². The van der Waals surface area contributed by atoms with Crippen molar-refractivity contribution in [3.05, 3.63) is 131 Å². The minimum absolute atomic E-state index is 0.0117. The van der Waals surface area contributed by atoms with Crippen LogP contribution in [0.1, 0.15) is 105 Å². The normalized spacial score (nSPS) is 14.7. The summed E-state index contributed by atoms with van der Waals surface area (Å²) < 4.78 is 7.38. The molecule has 0 fully saturated rings. The van der Waals surface area contributed by atoms with E-state index < -0.39 is 30.0 Å². The van der Waals surface area contributed by atoms with E-state index in [-0.39, 0.29) is 74.4 Å². The maximum atomic E-state index is 13.8. The lowest BCUT2D eigenvalue weighted by Crippen LogP contribution is -2.45. The molecular weight excluding hydrogens is 969 g/mol. The lowest BCUT2D eigenvalue weighted by molar-refractivity contribution is -0.137. The first-order valence-corrected chi connectivity index (χ1v) is 25.8. The van der Waals surface area contributed by atoms with Crippen LogP contribution in [-0.4, -0.2) is 95.1 Å². The van der Waals surface area contributed by atoms with Crippen LogP contribution in [0.2, 0.25) is 0 Å². The first-order valence-electron chi connectivity index (χ1n) is 25.8. The summed E-state index contributed by atoms with van der Waals surface area (Å²) in [6.07, 6.45) is 10.5. The van der Waals surface area contributed by atoms with Gasteiger partial charge in [-0.05, 0) is 116 Å². The van der Waals surface area contributed by atoms with Crippen molar-refractivity contribution in [2.75, 3.05) is 18.4 Å². The fourth-order valence-electron chi connectivity index (χ4n) is 9.56. The molecule has 76 heavy (non-hydrogen) atoms. The maximum absolute atomic E-state index is 13.8. The monoisotopic (exact) mass is 1030 g/mol. The SMILES string of the molecule is Cc1cccc(-c2[nH]c(CCc3ccc4c(c3)C(NC(=O)OCc3ccc(NC(=O)[C@H](CCCNC(N)=O)CC(=O)[C@@H](NC(=O)CCCCCN5C(=O)C=CC5=O)C(C)C)cc3)CC4)nc2-c2ccc3ncnn3c2)n1. The number of anilines is 1. The lowest BCUT2D eigenvalue weighted by Gasteiger charge is -2.24. The van der Waals surface area contributed by atoms with Crippen molar-refractivity contribution in [3.8, 4) is 22.6 Å². The summed E-state index contributed by atoms with van der Waals surface area (Å²) in [5.41, 5.74) is 14.7. The van der Waals surface area contributed by atoms with Gasteiger partial charge in [0.15, 0.2) is 11.4 Å². The van der Waals surface area contributed by atoms with E-state index in [1.165, 1.54) is 24.0 Å². The number of H-pyrrole nitrogens is 1. The van der Waals surface area contributed by atoms with Gasteiger partial charge in [-0.2, -0.15) is 5.10 Å². The Hall–Kier alpha value is -8.55. The van der Waals surface area contributed by atoms with Gasteiger partial charge < -0.3 is 36.7 Å². The third kappa shape index (κ3) is 14.2. The van der Waals surface area contributed by atoms with Crippen molar-refractivity contribution in [3.63, 3.8) is 0 Å². The highest BCUT2D eigenvalue weighted by Gasteiger charge is 2.30. The Kier molecular flexibility index (Phi) is 17.8. The highest BCUT2D eigenvalue weighted by atomic mass is 16.5. The number of carbonyl (C=O) groups excluding carboxylic acids is 7. The summed E-state index contributed by atoms with van der Waals surface area (Å²) in [4.78, 5) is 107. The standard InChI is InChI=1S/C56H64N12O8/c1-34(2)51(66-48(70)12-5-4-6-28-67-49(71)25-26-50(67)72)45(69)30-39(10-8-27-58-55(57)74)54(73)62-41-20-14-37(15-21-41)32-76-56(75)63-43-22-18-38-17-13-36(29-42(38)43)16-23-46-64-52(40-19-24-47-59-33-60-68(47)31-40)53(65-46)44-11-7-9-35(3)61-44/h7,9,11,13-15,17,19-21,24-26,29,31,33-34,39,43,51H,4-6,8,10,12,16,18,22-23,27-28,30,32H2,1-3H3,(H,62,73)(H,63,75)(H,64,65)(H,66,70)(H3,57,58,74)/t39-,43?,51+/m1/s1. The van der Waals surface area contributed by atoms with Gasteiger partial charge in [-0.15, -0.1) is 0 Å². The minimum atomic E-state index is -0.838. The molecule has 1 unspecified atom stereocenters. The first-order chi connectivity index (χ1) is 36.7. The summed E-state index contributed by atoms with van der Waals surface area (Å²) in [6.45, 7) is 6.06. The van der Waals surface area contributed by atoms with E-state index in [4.69, 9.17) is 20.4 Å². The predicted octanol–water partition coefficient (Wildman–Crippen LogP) is 6.78. The Morgan fingerprint density at radius 1 is 0.895 bits per heavy atom. The Morgan fingerprint density at radius 3 is 2.45 bits per heavy atom. The molecule has 7 N–H and O–H groups in total. The second-order valence-corrected chi connectivity index (χ2v) is 19.6. The van der Waals surface area contributed by atoms with Gasteiger partial charge in [-0.3, -0.25) is 33.9 Å². The van der Waals surface area contributed by atoms with Gasteiger partial charge in [0, 0.05) is 73.6 Å². The van der Waals surface area contributed by atoms with Crippen molar-refractivity contribution < 1.29 is 38.3 Å². The number of rotatable bonds is 25. The average Bonchev–Trinajstić information content (AvgIpc) is 4.24. The molecule has 0 saturated heterocycles. The fourth-order valence-corrected chi connectivity index (χ4v) is 9.56. The van der Waals surface area contributed by atoms with E-state index in [0.717, 1.165) is 68.7 Å². The smallest absolute Gasteiger partial charge is 0.407 e. The van der Waals surface area contributed by atoms with Gasteiger partial charge in [0.25, 0.3) is 11.8 Å². The molecule has 20 nitrogen and oxygen atoms in total. The molecule has 20 heteroatoms. The summed E-state index contributed by atoms with van der Waals surface area (Å²) in [7, 11) is 0. The second-order valence-electron chi connectivity index (χ2n) is 19.6. The number of unbranched alkanes of at least 4 members (excludes halogenated alkanes) is 2. The number of ether oxygens (including phenoxy) is 1. The number of Topliss-reactive ketones (excluding diaryl/α,β-unsaturated/α-hetero) is 1. The third-order valence-corrected chi connectivity index (χ3v) is 13.6. The minimum Gasteiger partial charge on any atom is -0.445 e. The molecule has 8 rings (SSSR count). The number of amides is 7. The number of ketones is 1. The number of carbonyl (C=O) groups is 7. The number of urea groups is 1. The molecular formula is C56H64N12O8. The molecule has 2 aliphatic rings. The molecule has 2 aromatic carbocycles. The number of nitrogens with two attached hydrogens (primary N) is 1. The number of nitrogens with zero attached hydrogens (tertiary/aromatic N) is 6. The zero-order valence-electron chi connectivity index (χ0n) is 43.0. The molecule has 7 amide bonds. The number of aryl methyl sites for hydroxylation is 4. The van der Waals surface area contributed by atoms with Gasteiger partial charge in [0.2, 0.25) is 11.8 Å². The van der Waals surface area contributed by atoms with Crippen LogP contribution in [0.4, 0.5) is 15.3 Å². The number of benzene rings is 2. The Morgan fingerprint density at radius 2 is 1.68 bits per heavy atom. The Balaban J connectivity index is 0.817. The van der Waals surface area contributed by atoms with Crippen molar-refractivity contribution in [1.29, 1.82) is 0 Å². The van der Waals surface area contributed by atoms with Gasteiger partial charge >= 0.3 is 12.1 Å². The number of hydrogen-bond donors (Lipinski definition) is 6. The summed E-state index contributed by atoms with van der Waals surface area (Å²) in [5.74, 6) is -1.95. The first kappa shape index (κ1) is 53.7. The van der Waals surface area contributed by atoms with Crippen LogP contribution in [-0.2, 0) is 54.6 Å². The number of hydrogen-bond acceptors (Lipinski definition) is 12. The maximum Gasteiger partial charge on any atom is 0.407 e. The van der Waals surface area contributed by atoms with Gasteiger partial charge in [0.05, 0.1) is 29.2 Å². The summed E-state index contributed by atoms with van der Waals surface area (Å²) in [5, 5.41) is 15.6. The molecule has 1 aliphatic carbocycles. The Labute approximate surface area is 440 Å². The van der Waals surface area contributed by atoms with Crippen molar-refractivity contribution in [1.82, 2.24) is 50.4 Å². The van der Waals surface area contributed by atoms with E-state index >= 15 is 0 Å². The highest BCUT2D eigenvalue weighted by molar-refractivity contribution is 6.12. The molecule has 4 aromatic heterocycles. The number of nitrogens with one attached hydrogen (secondary N) is 5. The topological polar surface area (TPSA) is 278 Å². The van der Waals surface area contributed by atoms with E-state index in [9.17, 15) is 33.6 Å². The Bertz CT molecular complexity index is 3110. The fraction of sp³-hybridized carbons (Fsp3) is 0.375. The molecule has 3 atom stereocenters. The van der Waals surface area contributed by atoms with Crippen molar-refractivity contribution in [2.45, 2.75) is 110 Å². The number of imide groups is 1. The average molecular weight is 1030 g/mol. The molecule has 0 spiro atoms. The summed E-state index contributed by atoms with van der Waals surface area (Å²) in [6, 6.07) is 21.3. The van der Waals surface area contributed by atoms with Crippen LogP contribution in [0.25, 0.3) is 28.3 Å². The largest absolute Gasteiger partial charge is 0.445 e. The second kappa shape index (κ2) is 25.1. The van der Waals surface area contributed by atoms with Crippen LogP contribution in [0.3, 0.4) is 0 Å². The van der Waals surface area contributed by atoms with E-state index in [1.807, 2.05) is 57.3 Å². The molecule has 5 heterocycles. The van der Waals surface area contributed by atoms with Crippen LogP contribution in [0, 0.1) is 18.8 Å². The lowest BCUT2D eigenvalue weighted by atomic mass is 9.89. The molecule has 1 aliphatic heterocycles. The van der Waals surface area contributed by atoms with Gasteiger partial charge in [0.1, 0.15) is 18.8 Å². The number of aromatic nitrogens is 6. The van der Waals surface area contributed by atoms with Gasteiger partial charge in [-0.1, -0.05) is 56.7 Å². The number of fused-ring (bicyclic) bond motifs is 2. The van der Waals surface area contributed by atoms with Crippen molar-refractivity contribution >= 4 is 52.9 Å². The summed E-state index contributed by atoms with van der Waals surface area (Å²) >= 11 is 0. The van der Waals surface area contributed by atoms with Crippen LogP contribution in [0.5, 0.6) is 0 Å². The highest BCUT2D eigenvalue weighted by Crippen LogP contribution is 2.34. The molecule has 0 saturated carbocycles. The van der Waals surface area contributed by atoms with Crippen molar-refractivity contribution in [2.24, 2.45) is 17.6 Å². The number of imidazole rings is 1. The van der Waals surface area contributed by atoms with Crippen LogP contribution < -0.4 is 27.0 Å². The number of aromatic amines is 1. The molecule has 6 aromatic rings. The van der Waals surface area contributed by atoms with E-state index in [0.29, 0.717) is 49.8 Å². The number of alkyl carbamates (subject to hydrolysis) is 1. The van der Waals surface area contributed by atoms with E-state index in [1.54, 1.807) is 28.8 Å². The third-order valence-electron chi connectivity index (χ3n) is 13.6. The molecule has 396 valence electrons. The quantitative estimate of drug-likeness (QED) is 0.0256.